The van der Waals surface area contributed by atoms with E-state index in [4.69, 9.17) is 9.47 Å². The summed E-state index contributed by atoms with van der Waals surface area (Å²) in [5, 5.41) is 14.0. The molecule has 7 nitrogen and oxygen atoms in total. The van der Waals surface area contributed by atoms with Gasteiger partial charge in [-0.1, -0.05) is 12.1 Å². The van der Waals surface area contributed by atoms with Crippen molar-refractivity contribution in [3.63, 3.8) is 0 Å². The summed E-state index contributed by atoms with van der Waals surface area (Å²) in [4.78, 5) is 14.7. The molecule has 0 aliphatic carbocycles. The lowest BCUT2D eigenvalue weighted by Crippen LogP contribution is -2.06. The first-order chi connectivity index (χ1) is 10.1. The number of nitrogens with zero attached hydrogens (tertiary/aromatic N) is 2. The highest BCUT2D eigenvalue weighted by atomic mass is 16.7. The van der Waals surface area contributed by atoms with Crippen molar-refractivity contribution in [3.05, 3.63) is 51.7 Å². The molecule has 0 unspecified atom stereocenters. The van der Waals surface area contributed by atoms with E-state index in [9.17, 15) is 10.1 Å². The van der Waals surface area contributed by atoms with Gasteiger partial charge in [0.2, 0.25) is 12.6 Å². The Balaban J connectivity index is 1.84. The molecule has 0 radical (unpaired) electrons. The first-order valence-corrected chi connectivity index (χ1v) is 6.38. The van der Waals surface area contributed by atoms with Crippen molar-refractivity contribution in [1.29, 1.82) is 0 Å². The molecule has 1 aromatic carbocycles. The third-order valence-electron chi connectivity index (χ3n) is 3.13. The van der Waals surface area contributed by atoms with Gasteiger partial charge in [-0.3, -0.25) is 10.1 Å². The molecular formula is C14H13N3O4. The van der Waals surface area contributed by atoms with Gasteiger partial charge in [-0.2, -0.15) is 0 Å². The highest BCUT2D eigenvalue weighted by Crippen LogP contribution is 2.35. The predicted octanol–water partition coefficient (Wildman–Crippen LogP) is 2.64. The Morgan fingerprint density at radius 2 is 2.19 bits per heavy atom. The summed E-state index contributed by atoms with van der Waals surface area (Å²) >= 11 is 0. The lowest BCUT2D eigenvalue weighted by Gasteiger charge is -2.09. The van der Waals surface area contributed by atoms with Crippen LogP contribution in [0.2, 0.25) is 0 Å². The smallest absolute Gasteiger partial charge is 0.311 e. The minimum Gasteiger partial charge on any atom is -0.454 e. The van der Waals surface area contributed by atoms with Crippen LogP contribution in [0.1, 0.15) is 11.3 Å². The number of aromatic nitrogens is 1. The molecule has 2 heterocycles. The zero-order valence-electron chi connectivity index (χ0n) is 11.3. The normalized spacial score (nSPS) is 12.2. The SMILES string of the molecule is Cc1ccc([N+](=O)[O-])c(NCc2cccc3c2OCO3)n1. The number of para-hydroxylation sites is 1. The molecule has 108 valence electrons. The number of rotatable bonds is 4. The number of hydrogen-bond acceptors (Lipinski definition) is 6. The summed E-state index contributed by atoms with van der Waals surface area (Å²) in [7, 11) is 0. The van der Waals surface area contributed by atoms with E-state index in [2.05, 4.69) is 10.3 Å². The van der Waals surface area contributed by atoms with Gasteiger partial charge in [-0.05, 0) is 19.1 Å². The van der Waals surface area contributed by atoms with Crippen LogP contribution in [0.25, 0.3) is 0 Å². The summed E-state index contributed by atoms with van der Waals surface area (Å²) in [5.41, 5.74) is 1.52. The molecule has 1 aliphatic rings. The molecule has 0 bridgehead atoms. The molecule has 21 heavy (non-hydrogen) atoms. The molecule has 0 atom stereocenters. The van der Waals surface area contributed by atoms with Crippen LogP contribution in [0, 0.1) is 17.0 Å². The maximum atomic E-state index is 11.0. The van der Waals surface area contributed by atoms with Gasteiger partial charge in [0.25, 0.3) is 0 Å². The molecule has 1 aliphatic heterocycles. The number of nitro groups is 1. The second-order valence-electron chi connectivity index (χ2n) is 4.58. The highest BCUT2D eigenvalue weighted by molar-refractivity contribution is 5.57. The number of ether oxygens (including phenoxy) is 2. The first-order valence-electron chi connectivity index (χ1n) is 6.38. The van der Waals surface area contributed by atoms with Crippen molar-refractivity contribution in [2.75, 3.05) is 12.1 Å². The third kappa shape index (κ3) is 2.58. The summed E-state index contributed by atoms with van der Waals surface area (Å²) < 4.78 is 10.7. The first kappa shape index (κ1) is 13.2. The van der Waals surface area contributed by atoms with Crippen molar-refractivity contribution in [1.82, 2.24) is 4.98 Å². The van der Waals surface area contributed by atoms with Crippen molar-refractivity contribution in [3.8, 4) is 11.5 Å². The minimum atomic E-state index is -0.455. The van der Waals surface area contributed by atoms with Crippen LogP contribution in [0.15, 0.2) is 30.3 Å². The standard InChI is InChI=1S/C14H13N3O4/c1-9-5-6-11(17(18)19)14(16-9)15-7-10-3-2-4-12-13(10)21-8-20-12/h2-6H,7-8H2,1H3,(H,15,16). The molecule has 3 rings (SSSR count). The van der Waals surface area contributed by atoms with Crippen molar-refractivity contribution in [2.24, 2.45) is 0 Å². The average Bonchev–Trinajstić information content (AvgIpc) is 2.93. The average molecular weight is 287 g/mol. The van der Waals surface area contributed by atoms with Gasteiger partial charge in [0.1, 0.15) is 0 Å². The molecule has 1 aromatic heterocycles. The number of pyridine rings is 1. The van der Waals surface area contributed by atoms with E-state index in [1.54, 1.807) is 13.0 Å². The van der Waals surface area contributed by atoms with Crippen LogP contribution >= 0.6 is 0 Å². The molecule has 0 spiro atoms. The van der Waals surface area contributed by atoms with Crippen molar-refractivity contribution < 1.29 is 14.4 Å². The van der Waals surface area contributed by atoms with Crippen LogP contribution in [0.3, 0.4) is 0 Å². The Hall–Kier alpha value is -2.83. The zero-order valence-corrected chi connectivity index (χ0v) is 11.3. The Labute approximate surface area is 120 Å². The van der Waals surface area contributed by atoms with Gasteiger partial charge in [0, 0.05) is 23.9 Å². The van der Waals surface area contributed by atoms with Crippen LogP contribution in [-0.2, 0) is 6.54 Å². The fourth-order valence-electron chi connectivity index (χ4n) is 2.14. The lowest BCUT2D eigenvalue weighted by atomic mass is 10.2. The second-order valence-corrected chi connectivity index (χ2v) is 4.58. The number of anilines is 1. The summed E-state index contributed by atoms with van der Waals surface area (Å²) in [6.07, 6.45) is 0. The monoisotopic (exact) mass is 287 g/mol. The number of nitrogens with one attached hydrogen (secondary N) is 1. The van der Waals surface area contributed by atoms with Crippen LogP contribution in [0.5, 0.6) is 11.5 Å². The van der Waals surface area contributed by atoms with E-state index >= 15 is 0 Å². The topological polar surface area (TPSA) is 86.5 Å². The van der Waals surface area contributed by atoms with E-state index in [1.807, 2.05) is 18.2 Å². The fourth-order valence-corrected chi connectivity index (χ4v) is 2.14. The molecule has 2 aromatic rings. The third-order valence-corrected chi connectivity index (χ3v) is 3.13. The Bertz CT molecular complexity index is 703. The Morgan fingerprint density at radius 1 is 1.33 bits per heavy atom. The van der Waals surface area contributed by atoms with Crippen molar-refractivity contribution >= 4 is 11.5 Å². The summed E-state index contributed by atoms with van der Waals surface area (Å²) in [6.45, 7) is 2.34. The van der Waals surface area contributed by atoms with E-state index < -0.39 is 4.92 Å². The number of hydrogen-bond donors (Lipinski definition) is 1. The van der Waals surface area contributed by atoms with Gasteiger partial charge < -0.3 is 14.8 Å². The second kappa shape index (κ2) is 5.28. The van der Waals surface area contributed by atoms with Crippen molar-refractivity contribution in [2.45, 2.75) is 13.5 Å². The van der Waals surface area contributed by atoms with E-state index in [-0.39, 0.29) is 18.3 Å². The largest absolute Gasteiger partial charge is 0.454 e. The number of aryl methyl sites for hydroxylation is 1. The molecule has 0 saturated carbocycles. The van der Waals surface area contributed by atoms with Crippen LogP contribution in [0.4, 0.5) is 11.5 Å². The molecule has 7 heteroatoms. The highest BCUT2D eigenvalue weighted by Gasteiger charge is 2.19. The lowest BCUT2D eigenvalue weighted by molar-refractivity contribution is -0.384. The molecular weight excluding hydrogens is 274 g/mol. The predicted molar refractivity (Wildman–Crippen MR) is 75.5 cm³/mol. The maximum absolute atomic E-state index is 11.0. The van der Waals surface area contributed by atoms with E-state index in [0.717, 1.165) is 5.56 Å². The van der Waals surface area contributed by atoms with E-state index in [0.29, 0.717) is 23.7 Å². The zero-order chi connectivity index (χ0) is 14.8. The van der Waals surface area contributed by atoms with Crippen LogP contribution < -0.4 is 14.8 Å². The summed E-state index contributed by atoms with van der Waals surface area (Å²) in [6, 6.07) is 8.60. The summed E-state index contributed by atoms with van der Waals surface area (Å²) in [5.74, 6) is 1.60. The van der Waals surface area contributed by atoms with E-state index in [1.165, 1.54) is 6.07 Å². The van der Waals surface area contributed by atoms with Gasteiger partial charge in [-0.15, -0.1) is 0 Å². The molecule has 0 fully saturated rings. The van der Waals surface area contributed by atoms with Gasteiger partial charge in [0.15, 0.2) is 11.5 Å². The quantitative estimate of drug-likeness (QED) is 0.687. The molecule has 0 saturated heterocycles. The van der Waals surface area contributed by atoms with Gasteiger partial charge in [0.05, 0.1) is 4.92 Å². The van der Waals surface area contributed by atoms with Gasteiger partial charge >= 0.3 is 5.69 Å². The molecule has 0 amide bonds. The fraction of sp³-hybridized carbons (Fsp3) is 0.214. The molecule has 1 N–H and O–H groups in total. The Kier molecular flexibility index (Phi) is 3.31. The van der Waals surface area contributed by atoms with Crippen LogP contribution in [-0.4, -0.2) is 16.7 Å². The Morgan fingerprint density at radius 3 is 3.00 bits per heavy atom. The number of fused-ring (bicyclic) bond motifs is 1. The number of benzene rings is 1. The minimum absolute atomic E-state index is 0.0506. The van der Waals surface area contributed by atoms with Gasteiger partial charge in [-0.25, -0.2) is 4.98 Å². The maximum Gasteiger partial charge on any atom is 0.311 e.